The molecule has 0 bridgehead atoms. The van der Waals surface area contributed by atoms with Gasteiger partial charge in [0.1, 0.15) is 6.33 Å². The average molecular weight is 256 g/mol. The van der Waals surface area contributed by atoms with Gasteiger partial charge < -0.3 is 5.11 Å². The molecule has 1 aromatic carbocycles. The number of carboxylic acids is 1. The van der Waals surface area contributed by atoms with Gasteiger partial charge in [0.15, 0.2) is 0 Å². The highest BCUT2D eigenvalue weighted by Crippen LogP contribution is 2.23. The van der Waals surface area contributed by atoms with Crippen LogP contribution in [0.5, 0.6) is 0 Å². The summed E-state index contributed by atoms with van der Waals surface area (Å²) in [4.78, 5) is 19.0. The fraction of sp³-hybridized carbons (Fsp3) is 0.267. The van der Waals surface area contributed by atoms with Gasteiger partial charge in [-0.1, -0.05) is 12.1 Å². The van der Waals surface area contributed by atoms with Crippen molar-refractivity contribution in [3.05, 3.63) is 47.4 Å². The summed E-state index contributed by atoms with van der Waals surface area (Å²) >= 11 is 0. The fourth-order valence-electron chi connectivity index (χ4n) is 1.93. The van der Waals surface area contributed by atoms with Gasteiger partial charge in [-0.3, -0.25) is 4.79 Å². The molecule has 0 aliphatic rings. The van der Waals surface area contributed by atoms with Gasteiger partial charge in [0, 0.05) is 18.2 Å². The monoisotopic (exact) mass is 256 g/mol. The fourth-order valence-corrected chi connectivity index (χ4v) is 1.93. The molecule has 0 radical (unpaired) electrons. The number of nitrogens with zero attached hydrogens (tertiary/aromatic N) is 2. The van der Waals surface area contributed by atoms with Gasteiger partial charge in [-0.05, 0) is 43.0 Å². The van der Waals surface area contributed by atoms with E-state index in [2.05, 4.69) is 29.9 Å². The van der Waals surface area contributed by atoms with Gasteiger partial charge in [-0.15, -0.1) is 0 Å². The van der Waals surface area contributed by atoms with E-state index in [0.29, 0.717) is 6.42 Å². The molecule has 0 saturated heterocycles. The Bertz CT molecular complexity index is 609. The minimum atomic E-state index is -0.810. The standard InChI is InChI=1S/C15H16N2O2/c1-10-3-4-12(7-11(10)2)15-13(5-6-14(18)19)8-16-9-17-15/h3-4,7-9H,5-6H2,1-2H3,(H,18,19). The number of aryl methyl sites for hydroxylation is 3. The van der Waals surface area contributed by atoms with Crippen LogP contribution in [0.1, 0.15) is 23.1 Å². The second kappa shape index (κ2) is 5.61. The van der Waals surface area contributed by atoms with Crippen molar-refractivity contribution in [1.29, 1.82) is 0 Å². The molecule has 19 heavy (non-hydrogen) atoms. The molecule has 0 spiro atoms. The first-order valence-corrected chi connectivity index (χ1v) is 6.16. The van der Waals surface area contributed by atoms with Crippen molar-refractivity contribution in [1.82, 2.24) is 9.97 Å². The zero-order chi connectivity index (χ0) is 13.8. The van der Waals surface area contributed by atoms with Crippen LogP contribution in [0.15, 0.2) is 30.7 Å². The van der Waals surface area contributed by atoms with Gasteiger partial charge in [-0.2, -0.15) is 0 Å². The van der Waals surface area contributed by atoms with Gasteiger partial charge >= 0.3 is 5.97 Å². The van der Waals surface area contributed by atoms with E-state index in [9.17, 15) is 4.79 Å². The molecule has 0 aliphatic carbocycles. The molecule has 0 saturated carbocycles. The average Bonchev–Trinajstić information content (AvgIpc) is 2.40. The molecule has 0 aliphatic heterocycles. The van der Waals surface area contributed by atoms with Crippen molar-refractivity contribution in [2.45, 2.75) is 26.7 Å². The van der Waals surface area contributed by atoms with Crippen molar-refractivity contribution < 1.29 is 9.90 Å². The SMILES string of the molecule is Cc1ccc(-c2ncncc2CCC(=O)O)cc1C. The van der Waals surface area contributed by atoms with E-state index in [1.165, 1.54) is 17.5 Å². The molecule has 1 heterocycles. The normalized spacial score (nSPS) is 10.4. The Morgan fingerprint density at radius 2 is 2.05 bits per heavy atom. The van der Waals surface area contributed by atoms with Crippen molar-refractivity contribution in [2.75, 3.05) is 0 Å². The van der Waals surface area contributed by atoms with E-state index >= 15 is 0 Å². The van der Waals surface area contributed by atoms with Crippen LogP contribution < -0.4 is 0 Å². The Hall–Kier alpha value is -2.23. The quantitative estimate of drug-likeness (QED) is 0.913. The van der Waals surface area contributed by atoms with E-state index in [0.717, 1.165) is 16.8 Å². The summed E-state index contributed by atoms with van der Waals surface area (Å²) < 4.78 is 0. The van der Waals surface area contributed by atoms with Crippen molar-refractivity contribution in [3.63, 3.8) is 0 Å². The van der Waals surface area contributed by atoms with Gasteiger partial charge in [0.05, 0.1) is 5.69 Å². The van der Waals surface area contributed by atoms with Gasteiger partial charge in [0.2, 0.25) is 0 Å². The Kier molecular flexibility index (Phi) is 3.90. The molecule has 98 valence electrons. The van der Waals surface area contributed by atoms with E-state index in [1.807, 2.05) is 12.1 Å². The molecular weight excluding hydrogens is 240 g/mol. The maximum atomic E-state index is 10.7. The van der Waals surface area contributed by atoms with Crippen LogP contribution in [-0.4, -0.2) is 21.0 Å². The van der Waals surface area contributed by atoms with Gasteiger partial charge in [-0.25, -0.2) is 9.97 Å². The topological polar surface area (TPSA) is 63.1 Å². The van der Waals surface area contributed by atoms with Crippen molar-refractivity contribution >= 4 is 5.97 Å². The molecule has 1 aromatic heterocycles. The Labute approximate surface area is 112 Å². The van der Waals surface area contributed by atoms with Crippen molar-refractivity contribution in [3.8, 4) is 11.3 Å². The zero-order valence-electron chi connectivity index (χ0n) is 11.1. The summed E-state index contributed by atoms with van der Waals surface area (Å²) in [5.74, 6) is -0.810. The second-order valence-corrected chi connectivity index (χ2v) is 4.59. The second-order valence-electron chi connectivity index (χ2n) is 4.59. The van der Waals surface area contributed by atoms with Crippen LogP contribution in [0, 0.1) is 13.8 Å². The van der Waals surface area contributed by atoms with E-state index in [-0.39, 0.29) is 6.42 Å². The molecule has 4 nitrogen and oxygen atoms in total. The molecular formula is C15H16N2O2. The molecule has 4 heteroatoms. The molecule has 2 aromatic rings. The summed E-state index contributed by atoms with van der Waals surface area (Å²) in [6, 6.07) is 6.13. The smallest absolute Gasteiger partial charge is 0.303 e. The highest BCUT2D eigenvalue weighted by molar-refractivity contribution is 5.69. The van der Waals surface area contributed by atoms with Crippen LogP contribution in [-0.2, 0) is 11.2 Å². The van der Waals surface area contributed by atoms with Crippen LogP contribution >= 0.6 is 0 Å². The Morgan fingerprint density at radius 1 is 1.26 bits per heavy atom. The lowest BCUT2D eigenvalue weighted by Crippen LogP contribution is -2.01. The lowest BCUT2D eigenvalue weighted by molar-refractivity contribution is -0.136. The highest BCUT2D eigenvalue weighted by Gasteiger charge is 2.09. The number of hydrogen-bond donors (Lipinski definition) is 1. The Balaban J connectivity index is 2.38. The number of hydrogen-bond acceptors (Lipinski definition) is 3. The number of benzene rings is 1. The van der Waals surface area contributed by atoms with Crippen LogP contribution in [0.3, 0.4) is 0 Å². The first kappa shape index (κ1) is 13.2. The number of aliphatic carboxylic acids is 1. The summed E-state index contributed by atoms with van der Waals surface area (Å²) in [5.41, 5.74) is 5.11. The third-order valence-corrected chi connectivity index (χ3v) is 3.18. The molecule has 1 N–H and O–H groups in total. The highest BCUT2D eigenvalue weighted by atomic mass is 16.4. The lowest BCUT2D eigenvalue weighted by atomic mass is 10.00. The number of aromatic nitrogens is 2. The number of carbonyl (C=O) groups is 1. The summed E-state index contributed by atoms with van der Waals surface area (Å²) in [5, 5.41) is 8.78. The predicted molar refractivity (Wildman–Crippen MR) is 72.9 cm³/mol. The van der Waals surface area contributed by atoms with Crippen LogP contribution in [0.25, 0.3) is 11.3 Å². The molecule has 0 fully saturated rings. The summed E-state index contributed by atoms with van der Waals surface area (Å²) in [7, 11) is 0. The minimum Gasteiger partial charge on any atom is -0.481 e. The minimum absolute atomic E-state index is 0.0885. The third kappa shape index (κ3) is 3.16. The molecule has 0 atom stereocenters. The number of carboxylic acid groups (broad SMARTS) is 1. The molecule has 0 unspecified atom stereocenters. The maximum Gasteiger partial charge on any atom is 0.303 e. The first-order valence-electron chi connectivity index (χ1n) is 6.16. The maximum absolute atomic E-state index is 10.7. The Morgan fingerprint density at radius 3 is 2.74 bits per heavy atom. The lowest BCUT2D eigenvalue weighted by Gasteiger charge is -2.09. The van der Waals surface area contributed by atoms with Crippen LogP contribution in [0.4, 0.5) is 0 Å². The van der Waals surface area contributed by atoms with Gasteiger partial charge in [0.25, 0.3) is 0 Å². The predicted octanol–water partition coefficient (Wildman–Crippen LogP) is 2.78. The first-order chi connectivity index (χ1) is 9.08. The van der Waals surface area contributed by atoms with Crippen LogP contribution in [0.2, 0.25) is 0 Å². The number of rotatable bonds is 4. The third-order valence-electron chi connectivity index (χ3n) is 3.18. The van der Waals surface area contributed by atoms with E-state index < -0.39 is 5.97 Å². The molecule has 0 amide bonds. The van der Waals surface area contributed by atoms with E-state index in [1.54, 1.807) is 6.20 Å². The van der Waals surface area contributed by atoms with Crippen molar-refractivity contribution in [2.24, 2.45) is 0 Å². The summed E-state index contributed by atoms with van der Waals surface area (Å²) in [6.45, 7) is 4.11. The zero-order valence-corrected chi connectivity index (χ0v) is 11.1. The molecule has 2 rings (SSSR count). The largest absolute Gasteiger partial charge is 0.481 e. The van der Waals surface area contributed by atoms with E-state index in [4.69, 9.17) is 5.11 Å². The summed E-state index contributed by atoms with van der Waals surface area (Å²) in [6.07, 6.45) is 3.72.